The number of allylic oxidation sites excluding steroid dienone is 1. The number of esters is 2. The van der Waals surface area contributed by atoms with Crippen LogP contribution in [0.2, 0.25) is 0 Å². The Morgan fingerprint density at radius 2 is 1.70 bits per heavy atom. The highest BCUT2D eigenvalue weighted by molar-refractivity contribution is 5.91. The van der Waals surface area contributed by atoms with E-state index in [4.69, 9.17) is 9.47 Å². The third-order valence-corrected chi connectivity index (χ3v) is 6.20. The van der Waals surface area contributed by atoms with E-state index in [0.717, 1.165) is 25.7 Å². The van der Waals surface area contributed by atoms with Crippen molar-refractivity contribution in [1.82, 2.24) is 0 Å². The third kappa shape index (κ3) is 9.20. The number of hydrogen-bond donors (Lipinski definition) is 1. The molecule has 0 aromatic heterocycles. The van der Waals surface area contributed by atoms with Crippen molar-refractivity contribution in [3.05, 3.63) is 11.6 Å². The van der Waals surface area contributed by atoms with E-state index in [0.29, 0.717) is 29.7 Å². The summed E-state index contributed by atoms with van der Waals surface area (Å²) in [5.74, 6) is 0.834. The van der Waals surface area contributed by atoms with Crippen LogP contribution < -0.4 is 0 Å². The van der Waals surface area contributed by atoms with Crippen LogP contribution in [0.4, 0.5) is 0 Å². The fraction of sp³-hybridized carbons (Fsp3) is 0.840. The summed E-state index contributed by atoms with van der Waals surface area (Å²) in [6, 6.07) is 0. The smallest absolute Gasteiger partial charge is 0.334 e. The maximum absolute atomic E-state index is 12.3. The second-order valence-electron chi connectivity index (χ2n) is 9.56. The zero-order chi connectivity index (χ0) is 22.6. The van der Waals surface area contributed by atoms with E-state index < -0.39 is 11.6 Å². The third-order valence-electron chi connectivity index (χ3n) is 6.20. The number of carbonyl (C=O) groups is 2. The summed E-state index contributed by atoms with van der Waals surface area (Å²) in [6.07, 6.45) is 11.4. The lowest BCUT2D eigenvalue weighted by Crippen LogP contribution is -2.39. The molecule has 1 aliphatic heterocycles. The number of ether oxygens (including phenoxy) is 2. The monoisotopic (exact) mass is 424 g/mol. The molecule has 174 valence electrons. The number of aliphatic hydroxyl groups is 1. The van der Waals surface area contributed by atoms with Gasteiger partial charge in [0.05, 0.1) is 6.61 Å². The fourth-order valence-corrected chi connectivity index (χ4v) is 4.19. The first-order valence-corrected chi connectivity index (χ1v) is 11.9. The number of cyclic esters (lactones) is 1. The largest absolute Gasteiger partial charge is 0.461 e. The van der Waals surface area contributed by atoms with Gasteiger partial charge in [-0.15, -0.1) is 0 Å². The van der Waals surface area contributed by atoms with E-state index in [9.17, 15) is 14.7 Å². The van der Waals surface area contributed by atoms with Gasteiger partial charge in [-0.05, 0) is 30.6 Å². The van der Waals surface area contributed by atoms with Gasteiger partial charge in [-0.25, -0.2) is 4.79 Å². The Bertz CT molecular complexity index is 544. The Hall–Kier alpha value is -1.36. The van der Waals surface area contributed by atoms with Gasteiger partial charge in [0.1, 0.15) is 6.61 Å². The molecule has 0 bridgehead atoms. The number of aliphatic hydroxyl groups excluding tert-OH is 1. The quantitative estimate of drug-likeness (QED) is 0.211. The van der Waals surface area contributed by atoms with Crippen LogP contribution in [-0.2, 0) is 19.1 Å². The van der Waals surface area contributed by atoms with Crippen molar-refractivity contribution in [2.24, 2.45) is 17.8 Å². The van der Waals surface area contributed by atoms with Gasteiger partial charge in [-0.1, -0.05) is 79.2 Å². The summed E-state index contributed by atoms with van der Waals surface area (Å²) in [5.41, 5.74) is -0.553. The van der Waals surface area contributed by atoms with Crippen LogP contribution in [0.15, 0.2) is 11.6 Å². The zero-order valence-corrected chi connectivity index (χ0v) is 19.9. The van der Waals surface area contributed by atoms with Crippen molar-refractivity contribution in [3.8, 4) is 0 Å². The van der Waals surface area contributed by atoms with E-state index in [-0.39, 0.29) is 25.6 Å². The Morgan fingerprint density at radius 1 is 1.10 bits per heavy atom. The van der Waals surface area contributed by atoms with Gasteiger partial charge in [0.15, 0.2) is 5.60 Å². The van der Waals surface area contributed by atoms with Crippen LogP contribution in [0.5, 0.6) is 0 Å². The van der Waals surface area contributed by atoms with Crippen LogP contribution in [0.1, 0.15) is 98.8 Å². The maximum Gasteiger partial charge on any atom is 0.334 e. The van der Waals surface area contributed by atoms with Crippen molar-refractivity contribution < 1.29 is 24.2 Å². The van der Waals surface area contributed by atoms with Gasteiger partial charge in [0.2, 0.25) is 0 Å². The minimum absolute atomic E-state index is 0.0836. The van der Waals surface area contributed by atoms with Crippen LogP contribution in [0.25, 0.3) is 0 Å². The summed E-state index contributed by atoms with van der Waals surface area (Å²) < 4.78 is 10.8. The number of hydrogen-bond acceptors (Lipinski definition) is 5. The first kappa shape index (κ1) is 26.7. The molecule has 0 aliphatic carbocycles. The molecule has 1 aliphatic rings. The highest BCUT2D eigenvalue weighted by Gasteiger charge is 2.44. The van der Waals surface area contributed by atoms with Crippen molar-refractivity contribution >= 4 is 11.9 Å². The van der Waals surface area contributed by atoms with Gasteiger partial charge in [0.25, 0.3) is 0 Å². The normalized spacial score (nSPS) is 20.6. The Labute approximate surface area is 183 Å². The molecule has 0 radical (unpaired) electrons. The lowest BCUT2D eigenvalue weighted by atomic mass is 9.82. The Morgan fingerprint density at radius 3 is 2.27 bits per heavy atom. The van der Waals surface area contributed by atoms with E-state index in [1.54, 1.807) is 0 Å². The average Bonchev–Trinajstić information content (AvgIpc) is 3.01. The predicted octanol–water partition coefficient (Wildman–Crippen LogP) is 5.59. The molecule has 1 atom stereocenters. The lowest BCUT2D eigenvalue weighted by molar-refractivity contribution is -0.166. The van der Waals surface area contributed by atoms with Crippen molar-refractivity contribution in [2.45, 2.75) is 104 Å². The molecule has 0 aromatic carbocycles. The average molecular weight is 425 g/mol. The molecular weight excluding hydrogens is 380 g/mol. The Balaban J connectivity index is 2.46. The van der Waals surface area contributed by atoms with Crippen LogP contribution in [-0.4, -0.2) is 35.9 Å². The molecular formula is C25H44O5. The second kappa shape index (κ2) is 13.8. The molecule has 0 aromatic rings. The van der Waals surface area contributed by atoms with Crippen LogP contribution in [0, 0.1) is 17.8 Å². The molecule has 1 heterocycles. The molecule has 5 heteroatoms. The topological polar surface area (TPSA) is 72.8 Å². The van der Waals surface area contributed by atoms with E-state index in [1.165, 1.54) is 25.7 Å². The van der Waals surface area contributed by atoms with E-state index >= 15 is 0 Å². The highest BCUT2D eigenvalue weighted by atomic mass is 16.6. The van der Waals surface area contributed by atoms with Crippen LogP contribution in [0.3, 0.4) is 0 Å². The van der Waals surface area contributed by atoms with Crippen LogP contribution >= 0.6 is 0 Å². The summed E-state index contributed by atoms with van der Waals surface area (Å²) in [7, 11) is 0. The van der Waals surface area contributed by atoms with E-state index in [1.807, 2.05) is 6.08 Å². The van der Waals surface area contributed by atoms with Crippen molar-refractivity contribution in [3.63, 3.8) is 0 Å². The lowest BCUT2D eigenvalue weighted by Gasteiger charge is -2.24. The molecule has 30 heavy (non-hydrogen) atoms. The fourth-order valence-electron chi connectivity index (χ4n) is 4.19. The van der Waals surface area contributed by atoms with Gasteiger partial charge >= 0.3 is 11.9 Å². The summed E-state index contributed by atoms with van der Waals surface area (Å²) >= 11 is 0. The first-order valence-electron chi connectivity index (χ1n) is 11.9. The second-order valence-corrected chi connectivity index (χ2v) is 9.56. The molecule has 0 saturated carbocycles. The van der Waals surface area contributed by atoms with Crippen molar-refractivity contribution in [1.29, 1.82) is 0 Å². The minimum Gasteiger partial charge on any atom is -0.461 e. The zero-order valence-electron chi connectivity index (χ0n) is 19.9. The van der Waals surface area contributed by atoms with Crippen molar-refractivity contribution in [2.75, 3.05) is 13.2 Å². The number of unbranched alkanes of at least 4 members (excludes halogenated alkanes) is 6. The molecule has 1 N–H and O–H groups in total. The molecule has 1 rings (SSSR count). The standard InChI is InChI=1S/C25H44O5/c1-6-7-8-9-10-11-12-13-23(27)29-18-25(17-26)16-21(24(28)30-25)14-15-22(19(2)3)20(4)5/h14,19-20,22,26H,6-13,15-18H2,1-5H3/b21-14-. The maximum atomic E-state index is 12.3. The Kier molecular flexibility index (Phi) is 12.3. The molecule has 0 amide bonds. The van der Waals surface area contributed by atoms with Gasteiger partial charge in [-0.2, -0.15) is 0 Å². The summed E-state index contributed by atoms with van der Waals surface area (Å²) in [6.45, 7) is 10.5. The molecule has 1 saturated heterocycles. The summed E-state index contributed by atoms with van der Waals surface area (Å²) in [5, 5.41) is 9.84. The minimum atomic E-state index is -1.14. The first-order chi connectivity index (χ1) is 14.2. The molecule has 5 nitrogen and oxygen atoms in total. The molecule has 1 unspecified atom stereocenters. The van der Waals surface area contributed by atoms with Gasteiger partial charge in [-0.3, -0.25) is 4.79 Å². The SMILES string of the molecule is CCCCCCCCCC(=O)OCC1(CO)C/C(=C/CC(C(C)C)C(C)C)C(=O)O1. The molecule has 1 fully saturated rings. The number of rotatable bonds is 15. The number of carbonyl (C=O) groups excluding carboxylic acids is 2. The summed E-state index contributed by atoms with van der Waals surface area (Å²) in [4.78, 5) is 24.4. The highest BCUT2D eigenvalue weighted by Crippen LogP contribution is 2.33. The van der Waals surface area contributed by atoms with Gasteiger partial charge in [0, 0.05) is 18.4 Å². The predicted molar refractivity (Wildman–Crippen MR) is 120 cm³/mol. The molecule has 0 spiro atoms. The van der Waals surface area contributed by atoms with E-state index in [2.05, 4.69) is 34.6 Å². The van der Waals surface area contributed by atoms with Gasteiger partial charge < -0.3 is 14.6 Å².